The van der Waals surface area contributed by atoms with E-state index in [4.69, 9.17) is 4.42 Å². The lowest BCUT2D eigenvalue weighted by molar-refractivity contribution is 0.670. The summed E-state index contributed by atoms with van der Waals surface area (Å²) in [5.41, 5.74) is 4.32. The van der Waals surface area contributed by atoms with Gasteiger partial charge in [-0.1, -0.05) is 99.7 Å². The van der Waals surface area contributed by atoms with Gasteiger partial charge in [0.25, 0.3) is 0 Å². The van der Waals surface area contributed by atoms with Gasteiger partial charge in [0, 0.05) is 16.3 Å². The topological polar surface area (TPSA) is 13.1 Å². The van der Waals surface area contributed by atoms with E-state index < -0.39 is 8.07 Å². The molecule has 1 nitrogen and oxygen atoms in total. The molecule has 0 amide bonds. The number of fused-ring (bicyclic) bond motifs is 3. The van der Waals surface area contributed by atoms with Crippen molar-refractivity contribution in [2.75, 3.05) is 0 Å². The van der Waals surface area contributed by atoms with Crippen LogP contribution in [0.1, 0.15) is 20.8 Å². The Kier molecular flexibility index (Phi) is 3.85. The molecule has 4 aromatic rings. The molecular formula is C24H26OSi. The number of rotatable bonds is 2. The second kappa shape index (κ2) is 5.85. The SMILES string of the molecule is CC(C)(C)[Si](C)(C)c1ccc(-c2cccc3c2oc2ccccc23)cc1. The summed E-state index contributed by atoms with van der Waals surface area (Å²) in [6, 6.07) is 23.9. The van der Waals surface area contributed by atoms with Crippen molar-refractivity contribution < 1.29 is 4.42 Å². The minimum absolute atomic E-state index is 0.341. The number of hydrogen-bond donors (Lipinski definition) is 0. The molecule has 3 aromatic carbocycles. The van der Waals surface area contributed by atoms with Crippen LogP contribution in [-0.4, -0.2) is 8.07 Å². The molecule has 0 radical (unpaired) electrons. The third-order valence-electron chi connectivity index (χ3n) is 6.20. The number of hydrogen-bond acceptors (Lipinski definition) is 1. The van der Waals surface area contributed by atoms with Gasteiger partial charge in [-0.2, -0.15) is 0 Å². The predicted octanol–water partition coefficient (Wildman–Crippen LogP) is 6.97. The van der Waals surface area contributed by atoms with Gasteiger partial charge in [0.2, 0.25) is 0 Å². The molecule has 0 atom stereocenters. The monoisotopic (exact) mass is 358 g/mol. The molecule has 0 spiro atoms. The summed E-state index contributed by atoms with van der Waals surface area (Å²) < 4.78 is 6.20. The fourth-order valence-corrected chi connectivity index (χ4v) is 5.34. The minimum atomic E-state index is -1.51. The molecule has 2 heteroatoms. The van der Waals surface area contributed by atoms with Crippen LogP contribution in [0.4, 0.5) is 0 Å². The maximum Gasteiger partial charge on any atom is 0.143 e. The summed E-state index contributed by atoms with van der Waals surface area (Å²) in [5.74, 6) is 0. The van der Waals surface area contributed by atoms with E-state index in [-0.39, 0.29) is 0 Å². The molecule has 132 valence electrons. The Hall–Kier alpha value is -2.32. The van der Waals surface area contributed by atoms with E-state index in [1.807, 2.05) is 12.1 Å². The second-order valence-electron chi connectivity index (χ2n) is 8.73. The van der Waals surface area contributed by atoms with Crippen molar-refractivity contribution in [3.05, 3.63) is 66.7 Å². The van der Waals surface area contributed by atoms with Crippen molar-refractivity contribution in [3.8, 4) is 11.1 Å². The van der Waals surface area contributed by atoms with Gasteiger partial charge in [-0.3, -0.25) is 0 Å². The van der Waals surface area contributed by atoms with Crippen LogP contribution in [0.25, 0.3) is 33.1 Å². The first kappa shape index (κ1) is 17.1. The Morgan fingerprint density at radius 1 is 0.731 bits per heavy atom. The molecule has 4 rings (SSSR count). The van der Waals surface area contributed by atoms with E-state index in [0.717, 1.165) is 11.2 Å². The zero-order valence-corrected chi connectivity index (χ0v) is 17.3. The van der Waals surface area contributed by atoms with Gasteiger partial charge in [-0.25, -0.2) is 0 Å². The van der Waals surface area contributed by atoms with E-state index in [1.54, 1.807) is 0 Å². The number of furan rings is 1. The van der Waals surface area contributed by atoms with E-state index in [1.165, 1.54) is 27.1 Å². The third-order valence-corrected chi connectivity index (χ3v) is 11.7. The molecule has 1 heterocycles. The zero-order chi connectivity index (χ0) is 18.5. The molecule has 0 fully saturated rings. The Balaban J connectivity index is 1.84. The highest BCUT2D eigenvalue weighted by molar-refractivity contribution is 6.92. The van der Waals surface area contributed by atoms with Crippen LogP contribution in [0, 0.1) is 0 Å². The Morgan fingerprint density at radius 2 is 1.38 bits per heavy atom. The lowest BCUT2D eigenvalue weighted by atomic mass is 10.0. The fraction of sp³-hybridized carbons (Fsp3) is 0.250. The smallest absolute Gasteiger partial charge is 0.143 e. The van der Waals surface area contributed by atoms with E-state index >= 15 is 0 Å². The predicted molar refractivity (Wildman–Crippen MR) is 116 cm³/mol. The summed E-state index contributed by atoms with van der Waals surface area (Å²) in [4.78, 5) is 0. The zero-order valence-electron chi connectivity index (χ0n) is 16.3. The van der Waals surface area contributed by atoms with Crippen LogP contribution >= 0.6 is 0 Å². The van der Waals surface area contributed by atoms with Crippen LogP contribution < -0.4 is 5.19 Å². The Morgan fingerprint density at radius 3 is 2.08 bits per heavy atom. The summed E-state index contributed by atoms with van der Waals surface area (Å²) in [5, 5.41) is 4.21. The lowest BCUT2D eigenvalue weighted by Gasteiger charge is -2.37. The van der Waals surface area contributed by atoms with E-state index in [2.05, 4.69) is 88.5 Å². The summed E-state index contributed by atoms with van der Waals surface area (Å²) in [6.07, 6.45) is 0. The largest absolute Gasteiger partial charge is 0.455 e. The average Bonchev–Trinajstić information content (AvgIpc) is 2.99. The molecule has 0 bridgehead atoms. The van der Waals surface area contributed by atoms with Gasteiger partial charge >= 0.3 is 0 Å². The standard InChI is InChI=1S/C24H26OSi/c1-24(2,3)26(4,5)18-15-13-17(14-16-18)19-10-8-11-21-20-9-6-7-12-22(20)25-23(19)21/h6-16H,1-5H3. The molecule has 0 aliphatic carbocycles. The maximum atomic E-state index is 6.20. The number of benzene rings is 3. The first-order chi connectivity index (χ1) is 12.3. The van der Waals surface area contributed by atoms with Gasteiger partial charge in [-0.15, -0.1) is 0 Å². The normalized spacial score (nSPS) is 12.8. The summed E-state index contributed by atoms with van der Waals surface area (Å²) in [6.45, 7) is 12.0. The first-order valence-corrected chi connectivity index (χ1v) is 12.3. The first-order valence-electron chi connectivity index (χ1n) is 9.30. The van der Waals surface area contributed by atoms with Crippen molar-refractivity contribution in [2.45, 2.75) is 38.9 Å². The summed E-state index contributed by atoms with van der Waals surface area (Å²) >= 11 is 0. The van der Waals surface area contributed by atoms with Crippen LogP contribution in [0.15, 0.2) is 71.1 Å². The molecule has 0 saturated carbocycles. The summed E-state index contributed by atoms with van der Waals surface area (Å²) in [7, 11) is -1.51. The molecule has 26 heavy (non-hydrogen) atoms. The maximum absolute atomic E-state index is 6.20. The molecule has 0 aliphatic rings. The Bertz CT molecular complexity index is 1080. The lowest BCUT2D eigenvalue weighted by Crippen LogP contribution is -2.49. The Labute approximate surface area is 156 Å². The third kappa shape index (κ3) is 2.60. The van der Waals surface area contributed by atoms with E-state index in [9.17, 15) is 0 Å². The van der Waals surface area contributed by atoms with Gasteiger partial charge in [0.15, 0.2) is 0 Å². The minimum Gasteiger partial charge on any atom is -0.455 e. The van der Waals surface area contributed by atoms with Crippen LogP contribution in [0.2, 0.25) is 18.1 Å². The molecule has 0 unspecified atom stereocenters. The van der Waals surface area contributed by atoms with Crippen molar-refractivity contribution in [1.82, 2.24) is 0 Å². The van der Waals surface area contributed by atoms with Crippen LogP contribution in [0.5, 0.6) is 0 Å². The van der Waals surface area contributed by atoms with Crippen molar-refractivity contribution in [2.24, 2.45) is 0 Å². The number of para-hydroxylation sites is 2. The van der Waals surface area contributed by atoms with Crippen molar-refractivity contribution >= 4 is 35.2 Å². The molecule has 0 aliphatic heterocycles. The van der Waals surface area contributed by atoms with Crippen LogP contribution in [0.3, 0.4) is 0 Å². The molecule has 0 N–H and O–H groups in total. The quantitative estimate of drug-likeness (QED) is 0.353. The highest BCUT2D eigenvalue weighted by atomic mass is 28.3. The van der Waals surface area contributed by atoms with Gasteiger partial charge in [0.1, 0.15) is 11.2 Å². The van der Waals surface area contributed by atoms with Gasteiger partial charge in [-0.05, 0) is 16.7 Å². The molecule has 0 saturated heterocycles. The van der Waals surface area contributed by atoms with Crippen molar-refractivity contribution in [3.63, 3.8) is 0 Å². The van der Waals surface area contributed by atoms with E-state index in [0.29, 0.717) is 5.04 Å². The van der Waals surface area contributed by atoms with Crippen molar-refractivity contribution in [1.29, 1.82) is 0 Å². The highest BCUT2D eigenvalue weighted by Gasteiger charge is 2.36. The molecular weight excluding hydrogens is 332 g/mol. The second-order valence-corrected chi connectivity index (χ2v) is 14.1. The van der Waals surface area contributed by atoms with Gasteiger partial charge < -0.3 is 4.42 Å². The fourth-order valence-electron chi connectivity index (χ4n) is 3.47. The highest BCUT2D eigenvalue weighted by Crippen LogP contribution is 2.37. The molecule has 1 aromatic heterocycles. The average molecular weight is 359 g/mol. The van der Waals surface area contributed by atoms with Crippen LogP contribution in [-0.2, 0) is 0 Å². The van der Waals surface area contributed by atoms with Gasteiger partial charge in [0.05, 0.1) is 8.07 Å².